The molecule has 4 N–H and O–H groups in total. The van der Waals surface area contributed by atoms with E-state index in [9.17, 15) is 9.59 Å². The number of aryl methyl sites for hydroxylation is 1. The van der Waals surface area contributed by atoms with Crippen molar-refractivity contribution in [3.63, 3.8) is 0 Å². The van der Waals surface area contributed by atoms with Gasteiger partial charge in [0.2, 0.25) is 0 Å². The predicted octanol–water partition coefficient (Wildman–Crippen LogP) is 3.91. The lowest BCUT2D eigenvalue weighted by Crippen LogP contribution is -2.44. The summed E-state index contributed by atoms with van der Waals surface area (Å²) in [7, 11) is 7.31. The molecule has 4 aromatic rings. The summed E-state index contributed by atoms with van der Waals surface area (Å²) in [4.78, 5) is 23.5. The van der Waals surface area contributed by atoms with Crippen molar-refractivity contribution < 1.29 is 9.59 Å². The van der Waals surface area contributed by atoms with Crippen molar-refractivity contribution in [1.29, 1.82) is 0 Å². The highest BCUT2D eigenvalue weighted by atomic mass is 31.0. The molecular formula is C27H30N4O2P2. The Balaban J connectivity index is 1.72. The van der Waals surface area contributed by atoms with Crippen LogP contribution in [0.3, 0.4) is 0 Å². The molecule has 0 saturated heterocycles. The summed E-state index contributed by atoms with van der Waals surface area (Å²) in [5.41, 5.74) is 4.74. The number of urea groups is 2. The molecule has 2 atom stereocenters. The van der Waals surface area contributed by atoms with Gasteiger partial charge in [0, 0.05) is 13.6 Å². The second kappa shape index (κ2) is 11.0. The van der Waals surface area contributed by atoms with E-state index >= 15 is 0 Å². The first-order valence-electron chi connectivity index (χ1n) is 11.5. The largest absolute Gasteiger partial charge is 0.341 e. The fourth-order valence-electron chi connectivity index (χ4n) is 4.43. The van der Waals surface area contributed by atoms with E-state index in [4.69, 9.17) is 0 Å². The van der Waals surface area contributed by atoms with Crippen LogP contribution in [0.15, 0.2) is 60.7 Å². The third kappa shape index (κ3) is 5.24. The molecule has 0 bridgehead atoms. The van der Waals surface area contributed by atoms with Crippen molar-refractivity contribution >= 4 is 62.7 Å². The molecular weight excluding hydrogens is 474 g/mol. The van der Waals surface area contributed by atoms with Crippen LogP contribution in [0.2, 0.25) is 0 Å². The average Bonchev–Trinajstić information content (AvgIpc) is 2.87. The Hall–Kier alpha value is -3.20. The first-order valence-corrected chi connectivity index (χ1v) is 12.7. The topological polar surface area (TPSA) is 82.3 Å². The Morgan fingerprint density at radius 3 is 1.80 bits per heavy atom. The van der Waals surface area contributed by atoms with Gasteiger partial charge in [0.1, 0.15) is 0 Å². The number of hydrogen-bond donors (Lipinski definition) is 4. The monoisotopic (exact) mass is 504 g/mol. The van der Waals surface area contributed by atoms with E-state index in [1.54, 1.807) is 0 Å². The molecule has 0 heterocycles. The van der Waals surface area contributed by atoms with Crippen LogP contribution < -0.4 is 31.9 Å². The Labute approximate surface area is 210 Å². The Kier molecular flexibility index (Phi) is 7.85. The highest BCUT2D eigenvalue weighted by Crippen LogP contribution is 2.35. The lowest BCUT2D eigenvalue weighted by atomic mass is 9.90. The number of fused-ring (bicyclic) bond motifs is 2. The number of nitrogens with one attached hydrogen (secondary N) is 4. The van der Waals surface area contributed by atoms with Crippen molar-refractivity contribution in [2.45, 2.75) is 19.9 Å². The third-order valence-electron chi connectivity index (χ3n) is 6.16. The minimum atomic E-state index is -0.354. The number of hydrogen-bond acceptors (Lipinski definition) is 2. The fourth-order valence-corrected chi connectivity index (χ4v) is 5.22. The summed E-state index contributed by atoms with van der Waals surface area (Å²) in [6.07, 6.45) is 0.979. The van der Waals surface area contributed by atoms with Crippen molar-refractivity contribution in [2.24, 2.45) is 0 Å². The van der Waals surface area contributed by atoms with E-state index in [0.717, 1.165) is 33.4 Å². The highest BCUT2D eigenvalue weighted by molar-refractivity contribution is 7.29. The molecule has 0 fully saturated rings. The molecule has 2 unspecified atom stereocenters. The quantitative estimate of drug-likeness (QED) is 0.237. The van der Waals surface area contributed by atoms with E-state index in [-0.39, 0.29) is 18.7 Å². The molecule has 0 spiro atoms. The third-order valence-corrected chi connectivity index (χ3v) is 7.13. The summed E-state index contributed by atoms with van der Waals surface area (Å²) < 4.78 is 0. The zero-order valence-electron chi connectivity index (χ0n) is 19.9. The zero-order chi connectivity index (χ0) is 24.9. The Morgan fingerprint density at radius 2 is 1.23 bits per heavy atom. The molecule has 0 saturated carbocycles. The molecule has 4 aromatic carbocycles. The van der Waals surface area contributed by atoms with Crippen LogP contribution in [0.1, 0.15) is 18.1 Å². The van der Waals surface area contributed by atoms with Crippen LogP contribution in [0.5, 0.6) is 0 Å². The first kappa shape index (κ1) is 24.9. The summed E-state index contributed by atoms with van der Waals surface area (Å²) >= 11 is 0. The van der Waals surface area contributed by atoms with Gasteiger partial charge >= 0.3 is 12.1 Å². The van der Waals surface area contributed by atoms with Crippen LogP contribution in [0, 0.1) is 0 Å². The molecule has 8 heteroatoms. The van der Waals surface area contributed by atoms with Crippen LogP contribution >= 0.6 is 18.5 Å². The Morgan fingerprint density at radius 1 is 0.686 bits per heavy atom. The van der Waals surface area contributed by atoms with Gasteiger partial charge in [-0.3, -0.25) is 0 Å². The zero-order valence-corrected chi connectivity index (χ0v) is 22.2. The minimum absolute atomic E-state index is 0.0411. The summed E-state index contributed by atoms with van der Waals surface area (Å²) in [5.74, 6) is 0. The Bertz CT molecular complexity index is 1420. The molecule has 35 heavy (non-hydrogen) atoms. The standard InChI is InChI=1S/C27H30N4O2P2/c1-3-16-6-4-8-20-18(16)10-12-22(34)24(20)25-21-9-5-7-17(19(21)11-13-23(25)35)14-29-27(33)31-15-30-26(32)28-2/h4-13H,3,14-15,34-35H2,1-2H3,(H2,28,30,32)(H2,29,31,33). The predicted molar refractivity (Wildman–Crippen MR) is 153 cm³/mol. The summed E-state index contributed by atoms with van der Waals surface area (Å²) in [5, 5.41) is 17.5. The maximum Gasteiger partial charge on any atom is 0.316 e. The molecule has 0 aromatic heterocycles. The second-order valence-corrected chi connectivity index (χ2v) is 9.47. The number of rotatable bonds is 6. The lowest BCUT2D eigenvalue weighted by molar-refractivity contribution is 0.235. The van der Waals surface area contributed by atoms with Gasteiger partial charge in [-0.1, -0.05) is 67.6 Å². The summed E-state index contributed by atoms with van der Waals surface area (Å²) in [6, 6.07) is 20.6. The summed E-state index contributed by atoms with van der Waals surface area (Å²) in [6.45, 7) is 2.59. The smallest absolute Gasteiger partial charge is 0.316 e. The molecule has 0 radical (unpaired) electrons. The normalized spacial score (nSPS) is 10.9. The van der Waals surface area contributed by atoms with Crippen LogP contribution in [-0.4, -0.2) is 25.8 Å². The van der Waals surface area contributed by atoms with Gasteiger partial charge in [-0.15, -0.1) is 18.5 Å². The minimum Gasteiger partial charge on any atom is -0.341 e. The van der Waals surface area contributed by atoms with E-state index in [0.29, 0.717) is 6.54 Å². The van der Waals surface area contributed by atoms with E-state index < -0.39 is 0 Å². The van der Waals surface area contributed by atoms with Gasteiger partial charge in [-0.05, 0) is 60.8 Å². The molecule has 0 aliphatic heterocycles. The number of carbonyl (C=O) groups excluding carboxylic acids is 2. The van der Waals surface area contributed by atoms with Gasteiger partial charge < -0.3 is 21.3 Å². The highest BCUT2D eigenvalue weighted by Gasteiger charge is 2.16. The van der Waals surface area contributed by atoms with E-state index in [1.165, 1.54) is 34.5 Å². The first-order chi connectivity index (χ1) is 16.9. The van der Waals surface area contributed by atoms with Gasteiger partial charge in [0.15, 0.2) is 0 Å². The second-order valence-electron chi connectivity index (χ2n) is 8.23. The van der Waals surface area contributed by atoms with E-state index in [1.807, 2.05) is 12.1 Å². The van der Waals surface area contributed by atoms with Gasteiger partial charge in [-0.2, -0.15) is 0 Å². The maximum atomic E-state index is 12.2. The van der Waals surface area contributed by atoms with Gasteiger partial charge in [0.25, 0.3) is 0 Å². The molecule has 4 amide bonds. The molecule has 6 nitrogen and oxygen atoms in total. The maximum absolute atomic E-state index is 12.2. The average molecular weight is 505 g/mol. The van der Waals surface area contributed by atoms with Crippen LogP contribution in [0.25, 0.3) is 32.7 Å². The fraction of sp³-hybridized carbons (Fsp3) is 0.185. The molecule has 0 aliphatic rings. The van der Waals surface area contributed by atoms with Crippen molar-refractivity contribution in [1.82, 2.24) is 21.3 Å². The van der Waals surface area contributed by atoms with Crippen LogP contribution in [-0.2, 0) is 13.0 Å². The number of carbonyl (C=O) groups is 2. The molecule has 180 valence electrons. The van der Waals surface area contributed by atoms with Crippen molar-refractivity contribution in [2.75, 3.05) is 13.7 Å². The molecule has 4 rings (SSSR count). The molecule has 0 aliphatic carbocycles. The number of amides is 4. The van der Waals surface area contributed by atoms with E-state index in [2.05, 4.69) is 95.2 Å². The van der Waals surface area contributed by atoms with Crippen molar-refractivity contribution in [3.8, 4) is 11.1 Å². The SMILES string of the molecule is CCc1cccc2c(-c3c(P)ccc4c(CNC(=O)NCNC(=O)NC)cccc34)c(P)ccc12. The number of benzene rings is 4. The van der Waals surface area contributed by atoms with Crippen LogP contribution in [0.4, 0.5) is 9.59 Å². The van der Waals surface area contributed by atoms with Crippen molar-refractivity contribution in [3.05, 3.63) is 71.8 Å². The van der Waals surface area contributed by atoms with Gasteiger partial charge in [-0.25, -0.2) is 9.59 Å². The lowest BCUT2D eigenvalue weighted by Gasteiger charge is -2.18. The van der Waals surface area contributed by atoms with Gasteiger partial charge in [0.05, 0.1) is 6.67 Å².